The van der Waals surface area contributed by atoms with Crippen LogP contribution in [-0.2, 0) is 19.5 Å². The van der Waals surface area contributed by atoms with Gasteiger partial charge >= 0.3 is 0 Å². The molecule has 21 heavy (non-hydrogen) atoms. The molecule has 0 aromatic carbocycles. The molecule has 0 unspecified atom stereocenters. The van der Waals surface area contributed by atoms with Gasteiger partial charge in [-0.15, -0.1) is 0 Å². The fourth-order valence-corrected chi connectivity index (χ4v) is 2.91. The molecule has 4 heterocycles. The van der Waals surface area contributed by atoms with Crippen molar-refractivity contribution >= 4 is 11.0 Å². The lowest BCUT2D eigenvalue weighted by Crippen LogP contribution is -2.30. The third-order valence-corrected chi connectivity index (χ3v) is 3.95. The van der Waals surface area contributed by atoms with Gasteiger partial charge in [-0.25, -0.2) is 9.97 Å². The molecule has 0 amide bonds. The van der Waals surface area contributed by atoms with Crippen molar-refractivity contribution in [3.63, 3.8) is 0 Å². The number of hydrogen-bond acceptors (Lipinski definition) is 4. The summed E-state index contributed by atoms with van der Waals surface area (Å²) >= 11 is 0. The van der Waals surface area contributed by atoms with Crippen molar-refractivity contribution in [2.24, 2.45) is 0 Å². The van der Waals surface area contributed by atoms with Crippen LogP contribution in [0.15, 0.2) is 48.9 Å². The van der Waals surface area contributed by atoms with E-state index in [-0.39, 0.29) is 0 Å². The van der Waals surface area contributed by atoms with E-state index in [2.05, 4.69) is 33.1 Å². The molecular formula is C17H16N4. The highest BCUT2D eigenvalue weighted by Crippen LogP contribution is 2.22. The van der Waals surface area contributed by atoms with E-state index in [0.29, 0.717) is 0 Å². The van der Waals surface area contributed by atoms with Crippen LogP contribution in [0.5, 0.6) is 0 Å². The Bertz CT molecular complexity index is 770. The highest BCUT2D eigenvalue weighted by Gasteiger charge is 2.18. The van der Waals surface area contributed by atoms with Crippen molar-refractivity contribution in [2.75, 3.05) is 6.54 Å². The first-order chi connectivity index (χ1) is 10.4. The molecule has 1 aliphatic rings. The lowest BCUT2D eigenvalue weighted by Gasteiger charge is -2.28. The summed E-state index contributed by atoms with van der Waals surface area (Å²) in [6.07, 6.45) is 6.55. The van der Waals surface area contributed by atoms with Crippen LogP contribution in [0.4, 0.5) is 0 Å². The predicted octanol–water partition coefficient (Wildman–Crippen LogP) is 2.58. The van der Waals surface area contributed by atoms with Gasteiger partial charge in [-0.2, -0.15) is 0 Å². The van der Waals surface area contributed by atoms with Crippen molar-refractivity contribution in [3.8, 4) is 0 Å². The molecule has 0 aliphatic carbocycles. The van der Waals surface area contributed by atoms with E-state index < -0.39 is 0 Å². The smallest absolute Gasteiger partial charge is 0.159 e. The summed E-state index contributed by atoms with van der Waals surface area (Å²) in [7, 11) is 0. The average Bonchev–Trinajstić information content (AvgIpc) is 2.54. The molecular weight excluding hydrogens is 260 g/mol. The summed E-state index contributed by atoms with van der Waals surface area (Å²) in [5.41, 5.74) is 4.64. The van der Waals surface area contributed by atoms with Gasteiger partial charge in [-0.3, -0.25) is 9.88 Å². The maximum absolute atomic E-state index is 4.71. The van der Waals surface area contributed by atoms with E-state index >= 15 is 0 Å². The van der Waals surface area contributed by atoms with Crippen LogP contribution < -0.4 is 0 Å². The molecule has 104 valence electrons. The van der Waals surface area contributed by atoms with Gasteiger partial charge in [0.1, 0.15) is 0 Å². The Labute approximate surface area is 123 Å². The van der Waals surface area contributed by atoms with Crippen LogP contribution in [0.3, 0.4) is 0 Å². The first-order valence-electron chi connectivity index (χ1n) is 7.23. The molecule has 0 spiro atoms. The van der Waals surface area contributed by atoms with E-state index in [1.165, 1.54) is 16.8 Å². The van der Waals surface area contributed by atoms with E-state index in [1.807, 2.05) is 24.5 Å². The first kappa shape index (κ1) is 12.4. The molecule has 4 nitrogen and oxygen atoms in total. The second-order valence-electron chi connectivity index (χ2n) is 5.47. The Morgan fingerprint density at radius 3 is 3.00 bits per heavy atom. The van der Waals surface area contributed by atoms with Crippen molar-refractivity contribution in [2.45, 2.75) is 19.5 Å². The molecule has 4 heteroatoms. The van der Waals surface area contributed by atoms with Gasteiger partial charge < -0.3 is 0 Å². The second kappa shape index (κ2) is 5.22. The quantitative estimate of drug-likeness (QED) is 0.721. The minimum absolute atomic E-state index is 0.858. The van der Waals surface area contributed by atoms with Crippen LogP contribution >= 0.6 is 0 Å². The Morgan fingerprint density at radius 1 is 1.14 bits per heavy atom. The van der Waals surface area contributed by atoms with Crippen LogP contribution in [0, 0.1) is 0 Å². The standard InChI is InChI=1S/C17H16N4/c1-3-13(10-18-6-1)11-21-8-5-16-15(12-21)9-14-4-2-7-19-17(14)20-16/h1-4,6-7,9-10H,5,8,11-12H2. The van der Waals surface area contributed by atoms with E-state index in [9.17, 15) is 0 Å². The topological polar surface area (TPSA) is 41.9 Å². The minimum atomic E-state index is 0.858. The van der Waals surface area contributed by atoms with E-state index in [1.54, 1.807) is 6.20 Å². The van der Waals surface area contributed by atoms with Crippen molar-refractivity contribution < 1.29 is 0 Å². The van der Waals surface area contributed by atoms with Crippen molar-refractivity contribution in [3.05, 3.63) is 65.7 Å². The number of fused-ring (bicyclic) bond motifs is 2. The van der Waals surface area contributed by atoms with Gasteiger partial charge in [0.25, 0.3) is 0 Å². The van der Waals surface area contributed by atoms with Crippen LogP contribution in [-0.4, -0.2) is 26.4 Å². The Balaban J connectivity index is 1.61. The minimum Gasteiger partial charge on any atom is -0.294 e. The van der Waals surface area contributed by atoms with E-state index in [0.717, 1.165) is 37.1 Å². The van der Waals surface area contributed by atoms with Gasteiger partial charge in [0, 0.05) is 55.7 Å². The number of rotatable bonds is 2. The third kappa shape index (κ3) is 2.50. The average molecular weight is 276 g/mol. The molecule has 0 atom stereocenters. The highest BCUT2D eigenvalue weighted by molar-refractivity contribution is 5.75. The second-order valence-corrected chi connectivity index (χ2v) is 5.47. The molecule has 0 radical (unpaired) electrons. The predicted molar refractivity (Wildman–Crippen MR) is 81.6 cm³/mol. The SMILES string of the molecule is c1cncc(CN2CCc3nc4ncccc4cc3C2)c1. The zero-order valence-electron chi connectivity index (χ0n) is 11.7. The largest absolute Gasteiger partial charge is 0.294 e. The molecule has 3 aromatic heterocycles. The normalized spacial score (nSPS) is 15.0. The van der Waals surface area contributed by atoms with Gasteiger partial charge in [0.15, 0.2) is 5.65 Å². The number of nitrogens with zero attached hydrogens (tertiary/aromatic N) is 4. The van der Waals surface area contributed by atoms with Gasteiger partial charge in [-0.05, 0) is 35.4 Å². The molecule has 0 saturated heterocycles. The van der Waals surface area contributed by atoms with Gasteiger partial charge in [0.05, 0.1) is 0 Å². The molecule has 0 bridgehead atoms. The monoisotopic (exact) mass is 276 g/mol. The summed E-state index contributed by atoms with van der Waals surface area (Å²) in [5, 5.41) is 1.12. The summed E-state index contributed by atoms with van der Waals surface area (Å²) in [6.45, 7) is 2.92. The molecule has 0 fully saturated rings. The molecule has 3 aromatic rings. The maximum atomic E-state index is 4.71. The van der Waals surface area contributed by atoms with Gasteiger partial charge in [0.2, 0.25) is 0 Å². The number of aromatic nitrogens is 3. The third-order valence-electron chi connectivity index (χ3n) is 3.95. The van der Waals surface area contributed by atoms with Gasteiger partial charge in [-0.1, -0.05) is 6.07 Å². The van der Waals surface area contributed by atoms with Crippen LogP contribution in [0.1, 0.15) is 16.8 Å². The maximum Gasteiger partial charge on any atom is 0.159 e. The molecule has 0 N–H and O–H groups in total. The summed E-state index contributed by atoms with van der Waals surface area (Å²) < 4.78 is 0. The van der Waals surface area contributed by atoms with Crippen molar-refractivity contribution in [1.82, 2.24) is 19.9 Å². The molecule has 1 aliphatic heterocycles. The molecule has 0 saturated carbocycles. The lowest BCUT2D eigenvalue weighted by atomic mass is 10.0. The number of hydrogen-bond donors (Lipinski definition) is 0. The Morgan fingerprint density at radius 2 is 2.10 bits per heavy atom. The fraction of sp³-hybridized carbons (Fsp3) is 0.235. The highest BCUT2D eigenvalue weighted by atomic mass is 15.1. The zero-order valence-corrected chi connectivity index (χ0v) is 11.7. The molecule has 4 rings (SSSR count). The zero-order chi connectivity index (χ0) is 14.1. The van der Waals surface area contributed by atoms with Crippen LogP contribution in [0.25, 0.3) is 11.0 Å². The number of pyridine rings is 3. The van der Waals surface area contributed by atoms with Crippen molar-refractivity contribution in [1.29, 1.82) is 0 Å². The first-order valence-corrected chi connectivity index (χ1v) is 7.23. The fourth-order valence-electron chi connectivity index (χ4n) is 2.91. The van der Waals surface area contributed by atoms with Crippen LogP contribution in [0.2, 0.25) is 0 Å². The Hall–Kier alpha value is -2.33. The lowest BCUT2D eigenvalue weighted by molar-refractivity contribution is 0.243. The summed E-state index contributed by atoms with van der Waals surface area (Å²) in [6, 6.07) is 10.4. The Kier molecular flexibility index (Phi) is 3.09. The summed E-state index contributed by atoms with van der Waals surface area (Å²) in [4.78, 5) is 15.7. The summed E-state index contributed by atoms with van der Waals surface area (Å²) in [5.74, 6) is 0. The van der Waals surface area contributed by atoms with E-state index in [4.69, 9.17) is 4.98 Å².